The van der Waals surface area contributed by atoms with E-state index in [1.165, 1.54) is 18.4 Å². The van der Waals surface area contributed by atoms with Crippen molar-refractivity contribution in [3.05, 3.63) is 46.5 Å². The summed E-state index contributed by atoms with van der Waals surface area (Å²) in [6.07, 6.45) is 7.47. The molecular formula is C23H36O2. The number of carbonyl (C=O) groups is 1. The van der Waals surface area contributed by atoms with Gasteiger partial charge in [0.25, 0.3) is 0 Å². The van der Waals surface area contributed by atoms with Gasteiger partial charge >= 0.3 is 5.97 Å². The van der Waals surface area contributed by atoms with Crippen molar-refractivity contribution in [3.8, 4) is 0 Å². The maximum absolute atomic E-state index is 12.8. The highest BCUT2D eigenvalue weighted by molar-refractivity contribution is 5.93. The smallest absolute Gasteiger partial charge is 0.339 e. The summed E-state index contributed by atoms with van der Waals surface area (Å²) in [5.74, 6) is 0.835. The van der Waals surface area contributed by atoms with Gasteiger partial charge in [-0.05, 0) is 40.9 Å². The molecule has 0 aliphatic carbocycles. The number of allylic oxidation sites excluding steroid dienone is 1. The molecule has 0 aromatic heterocycles. The van der Waals surface area contributed by atoms with Gasteiger partial charge in [-0.15, -0.1) is 0 Å². The van der Waals surface area contributed by atoms with E-state index in [4.69, 9.17) is 4.74 Å². The standard InChI is InChI=1S/C23H36O2/c1-8-9-10-11-12-13-25-23(24)22-20(17(4)5)14-19(16(2)3)15-21(22)18(6)7/h11-12,14-18H,8-10,13H2,1-7H3/b12-11+. The van der Waals surface area contributed by atoms with Crippen LogP contribution in [0.3, 0.4) is 0 Å². The quantitative estimate of drug-likeness (QED) is 0.275. The Balaban J connectivity index is 3.10. The number of ether oxygens (including phenoxy) is 1. The third kappa shape index (κ3) is 6.34. The number of hydrogen-bond acceptors (Lipinski definition) is 2. The van der Waals surface area contributed by atoms with E-state index in [1.807, 2.05) is 6.08 Å². The highest BCUT2D eigenvalue weighted by Crippen LogP contribution is 2.32. The van der Waals surface area contributed by atoms with Crippen LogP contribution in [0, 0.1) is 0 Å². The molecule has 25 heavy (non-hydrogen) atoms. The van der Waals surface area contributed by atoms with Gasteiger partial charge < -0.3 is 4.74 Å². The molecule has 0 aliphatic rings. The lowest BCUT2D eigenvalue weighted by Crippen LogP contribution is -2.15. The molecule has 0 atom stereocenters. The zero-order valence-corrected chi connectivity index (χ0v) is 17.2. The van der Waals surface area contributed by atoms with E-state index in [1.54, 1.807) is 0 Å². The largest absolute Gasteiger partial charge is 0.458 e. The van der Waals surface area contributed by atoms with Gasteiger partial charge in [-0.25, -0.2) is 4.79 Å². The second-order valence-corrected chi connectivity index (χ2v) is 7.75. The van der Waals surface area contributed by atoms with E-state index in [0.29, 0.717) is 24.4 Å². The molecule has 1 aromatic rings. The van der Waals surface area contributed by atoms with E-state index in [9.17, 15) is 4.79 Å². The number of esters is 1. The van der Waals surface area contributed by atoms with E-state index in [2.05, 4.69) is 66.7 Å². The normalized spacial score (nSPS) is 11.9. The van der Waals surface area contributed by atoms with Gasteiger partial charge in [0.05, 0.1) is 5.56 Å². The first-order valence-electron chi connectivity index (χ1n) is 9.79. The molecule has 2 nitrogen and oxygen atoms in total. The van der Waals surface area contributed by atoms with Gasteiger partial charge in [-0.1, -0.05) is 85.6 Å². The predicted molar refractivity (Wildman–Crippen MR) is 108 cm³/mol. The van der Waals surface area contributed by atoms with E-state index < -0.39 is 0 Å². The van der Waals surface area contributed by atoms with Gasteiger partial charge in [0, 0.05) is 0 Å². The fourth-order valence-electron chi connectivity index (χ4n) is 2.90. The Morgan fingerprint density at radius 3 is 1.96 bits per heavy atom. The summed E-state index contributed by atoms with van der Waals surface area (Å²) < 4.78 is 5.56. The first-order chi connectivity index (χ1) is 11.8. The summed E-state index contributed by atoms with van der Waals surface area (Å²) in [6, 6.07) is 4.38. The summed E-state index contributed by atoms with van der Waals surface area (Å²) in [6.45, 7) is 15.5. The zero-order chi connectivity index (χ0) is 19.0. The van der Waals surface area contributed by atoms with Crippen molar-refractivity contribution >= 4 is 5.97 Å². The van der Waals surface area contributed by atoms with Crippen molar-refractivity contribution in [2.75, 3.05) is 6.61 Å². The molecule has 0 fully saturated rings. The van der Waals surface area contributed by atoms with Crippen molar-refractivity contribution in [1.82, 2.24) is 0 Å². The fraction of sp³-hybridized carbons (Fsp3) is 0.609. The Morgan fingerprint density at radius 1 is 0.960 bits per heavy atom. The Kier molecular flexibility index (Phi) is 8.96. The summed E-state index contributed by atoms with van der Waals surface area (Å²) in [5, 5.41) is 0. The molecule has 140 valence electrons. The lowest BCUT2D eigenvalue weighted by Gasteiger charge is -2.21. The van der Waals surface area contributed by atoms with E-state index in [-0.39, 0.29) is 5.97 Å². The topological polar surface area (TPSA) is 26.3 Å². The summed E-state index contributed by atoms with van der Waals surface area (Å²) in [5.41, 5.74) is 4.28. The first-order valence-corrected chi connectivity index (χ1v) is 9.79. The SMILES string of the molecule is CCCC/C=C/COC(=O)c1c(C(C)C)cc(C(C)C)cc1C(C)C. The Labute approximate surface area is 154 Å². The van der Waals surface area contributed by atoms with Crippen molar-refractivity contribution in [1.29, 1.82) is 0 Å². The molecule has 0 bridgehead atoms. The van der Waals surface area contributed by atoms with E-state index >= 15 is 0 Å². The maximum atomic E-state index is 12.8. The van der Waals surface area contributed by atoms with E-state index in [0.717, 1.165) is 23.1 Å². The molecule has 2 heteroatoms. The highest BCUT2D eigenvalue weighted by atomic mass is 16.5. The van der Waals surface area contributed by atoms with Crippen LogP contribution in [0.25, 0.3) is 0 Å². The van der Waals surface area contributed by atoms with Crippen LogP contribution in [0.15, 0.2) is 24.3 Å². The predicted octanol–water partition coefficient (Wildman–Crippen LogP) is 6.96. The minimum Gasteiger partial charge on any atom is -0.458 e. The van der Waals surface area contributed by atoms with Crippen molar-refractivity contribution < 1.29 is 9.53 Å². The minimum atomic E-state index is -0.192. The van der Waals surface area contributed by atoms with Crippen LogP contribution in [-0.2, 0) is 4.74 Å². The average Bonchev–Trinajstić information content (AvgIpc) is 2.56. The molecule has 0 N–H and O–H groups in total. The molecule has 0 aliphatic heterocycles. The number of unbranched alkanes of at least 4 members (excludes halogenated alkanes) is 2. The van der Waals surface area contributed by atoms with Crippen LogP contribution in [0.4, 0.5) is 0 Å². The molecule has 0 saturated heterocycles. The van der Waals surface area contributed by atoms with Crippen LogP contribution < -0.4 is 0 Å². The van der Waals surface area contributed by atoms with Gasteiger partial charge in [0.15, 0.2) is 0 Å². The lowest BCUT2D eigenvalue weighted by molar-refractivity contribution is 0.0546. The number of rotatable bonds is 9. The maximum Gasteiger partial charge on any atom is 0.339 e. The molecule has 0 saturated carbocycles. The Bertz CT molecular complexity index is 551. The minimum absolute atomic E-state index is 0.192. The van der Waals surface area contributed by atoms with Gasteiger partial charge in [0.1, 0.15) is 6.61 Å². The van der Waals surface area contributed by atoms with Crippen molar-refractivity contribution in [3.63, 3.8) is 0 Å². The van der Waals surface area contributed by atoms with Crippen LogP contribution in [0.1, 0.15) is 113 Å². The van der Waals surface area contributed by atoms with Crippen LogP contribution in [-0.4, -0.2) is 12.6 Å². The summed E-state index contributed by atoms with van der Waals surface area (Å²) in [4.78, 5) is 12.8. The average molecular weight is 345 g/mol. The van der Waals surface area contributed by atoms with Gasteiger partial charge in [0.2, 0.25) is 0 Å². The molecule has 0 radical (unpaired) electrons. The second kappa shape index (κ2) is 10.4. The molecular weight excluding hydrogens is 308 g/mol. The molecule has 1 rings (SSSR count). The second-order valence-electron chi connectivity index (χ2n) is 7.75. The monoisotopic (exact) mass is 344 g/mol. The van der Waals surface area contributed by atoms with Crippen molar-refractivity contribution in [2.45, 2.75) is 85.5 Å². The van der Waals surface area contributed by atoms with Gasteiger partial charge in [-0.2, -0.15) is 0 Å². The van der Waals surface area contributed by atoms with Crippen molar-refractivity contribution in [2.24, 2.45) is 0 Å². The highest BCUT2D eigenvalue weighted by Gasteiger charge is 2.23. The molecule has 0 spiro atoms. The molecule has 0 heterocycles. The molecule has 1 aromatic carbocycles. The molecule has 0 unspecified atom stereocenters. The Morgan fingerprint density at radius 2 is 1.52 bits per heavy atom. The number of carbonyl (C=O) groups excluding carboxylic acids is 1. The summed E-state index contributed by atoms with van der Waals surface area (Å²) >= 11 is 0. The first kappa shape index (κ1) is 21.5. The number of hydrogen-bond donors (Lipinski definition) is 0. The Hall–Kier alpha value is -1.57. The summed E-state index contributed by atoms with van der Waals surface area (Å²) in [7, 11) is 0. The third-order valence-corrected chi connectivity index (χ3v) is 4.54. The van der Waals surface area contributed by atoms with Gasteiger partial charge in [-0.3, -0.25) is 0 Å². The third-order valence-electron chi connectivity index (χ3n) is 4.54. The van der Waals surface area contributed by atoms with Crippen LogP contribution >= 0.6 is 0 Å². The fourth-order valence-corrected chi connectivity index (χ4v) is 2.90. The van der Waals surface area contributed by atoms with Crippen LogP contribution in [0.2, 0.25) is 0 Å². The molecule has 0 amide bonds. The van der Waals surface area contributed by atoms with Crippen LogP contribution in [0.5, 0.6) is 0 Å². The number of benzene rings is 1. The zero-order valence-electron chi connectivity index (χ0n) is 17.2. The lowest BCUT2D eigenvalue weighted by atomic mass is 9.84.